The summed E-state index contributed by atoms with van der Waals surface area (Å²) >= 11 is 0. The van der Waals surface area contributed by atoms with Crippen LogP contribution in [-0.4, -0.2) is 15.6 Å². The van der Waals surface area contributed by atoms with Gasteiger partial charge in [0.15, 0.2) is 0 Å². The van der Waals surface area contributed by atoms with Crippen molar-refractivity contribution >= 4 is 5.95 Å². The predicted molar refractivity (Wildman–Crippen MR) is 70.3 cm³/mol. The third-order valence-corrected chi connectivity index (χ3v) is 4.26. The summed E-state index contributed by atoms with van der Waals surface area (Å²) in [5, 5.41) is 3.62. The number of hydrogen-bond donors (Lipinski definition) is 1. The molecule has 0 amide bonds. The molecule has 2 aliphatic rings. The third-order valence-electron chi connectivity index (χ3n) is 4.26. The molecule has 0 saturated heterocycles. The first-order valence-electron chi connectivity index (χ1n) is 7.15. The summed E-state index contributed by atoms with van der Waals surface area (Å²) in [5.41, 5.74) is 1.15. The van der Waals surface area contributed by atoms with E-state index in [2.05, 4.69) is 28.0 Å². The Bertz CT molecular complexity index is 373. The van der Waals surface area contributed by atoms with Crippen LogP contribution in [0.5, 0.6) is 0 Å². The van der Waals surface area contributed by atoms with Gasteiger partial charge in [-0.3, -0.25) is 0 Å². The van der Waals surface area contributed by atoms with E-state index in [4.69, 9.17) is 0 Å². The highest BCUT2D eigenvalue weighted by atomic mass is 15.2. The zero-order chi connectivity index (χ0) is 11.7. The van der Waals surface area contributed by atoms with Crippen molar-refractivity contribution in [1.82, 2.24) is 9.55 Å². The molecule has 17 heavy (non-hydrogen) atoms. The van der Waals surface area contributed by atoms with Gasteiger partial charge in [0.25, 0.3) is 0 Å². The molecule has 2 aliphatic carbocycles. The fraction of sp³-hybridized carbons (Fsp3) is 0.786. The highest BCUT2D eigenvalue weighted by Crippen LogP contribution is 2.32. The van der Waals surface area contributed by atoms with Gasteiger partial charge in [0.2, 0.25) is 5.95 Å². The quantitative estimate of drug-likeness (QED) is 0.863. The van der Waals surface area contributed by atoms with Gasteiger partial charge in [-0.25, -0.2) is 4.98 Å². The number of hydrogen-bond acceptors (Lipinski definition) is 2. The number of imidazole rings is 1. The second-order valence-electron chi connectivity index (χ2n) is 5.68. The van der Waals surface area contributed by atoms with Crippen LogP contribution in [0.3, 0.4) is 0 Å². The van der Waals surface area contributed by atoms with Gasteiger partial charge >= 0.3 is 0 Å². The van der Waals surface area contributed by atoms with Crippen molar-refractivity contribution in [3.63, 3.8) is 0 Å². The molecule has 0 aromatic carbocycles. The largest absolute Gasteiger partial charge is 0.353 e. The third kappa shape index (κ3) is 2.33. The van der Waals surface area contributed by atoms with Crippen LogP contribution in [0.2, 0.25) is 0 Å². The van der Waals surface area contributed by atoms with Gasteiger partial charge in [-0.05, 0) is 39.0 Å². The lowest BCUT2D eigenvalue weighted by molar-refractivity contribution is 0.352. The summed E-state index contributed by atoms with van der Waals surface area (Å²) in [6.07, 6.45) is 13.1. The van der Waals surface area contributed by atoms with Crippen LogP contribution in [0.15, 0.2) is 6.20 Å². The highest BCUT2D eigenvalue weighted by molar-refractivity contribution is 5.32. The van der Waals surface area contributed by atoms with Crippen molar-refractivity contribution in [2.24, 2.45) is 0 Å². The lowest BCUT2D eigenvalue weighted by atomic mass is 9.93. The summed E-state index contributed by atoms with van der Waals surface area (Å²) in [6, 6.07) is 1.37. The van der Waals surface area contributed by atoms with E-state index in [0.29, 0.717) is 12.1 Å². The first-order chi connectivity index (χ1) is 8.33. The lowest BCUT2D eigenvalue weighted by Crippen LogP contribution is -2.29. The fourth-order valence-electron chi connectivity index (χ4n) is 3.00. The summed E-state index contributed by atoms with van der Waals surface area (Å²) in [6.45, 7) is 2.10. The molecule has 0 aliphatic heterocycles. The Hall–Kier alpha value is -0.990. The van der Waals surface area contributed by atoms with Crippen LogP contribution >= 0.6 is 0 Å². The highest BCUT2D eigenvalue weighted by Gasteiger charge is 2.22. The van der Waals surface area contributed by atoms with E-state index in [1.807, 2.05) is 0 Å². The maximum atomic E-state index is 4.66. The molecule has 1 heterocycles. The van der Waals surface area contributed by atoms with Crippen LogP contribution in [0, 0.1) is 6.92 Å². The van der Waals surface area contributed by atoms with Crippen molar-refractivity contribution in [2.45, 2.75) is 70.4 Å². The van der Waals surface area contributed by atoms with Gasteiger partial charge in [0, 0.05) is 18.3 Å². The molecule has 0 spiro atoms. The number of rotatable bonds is 3. The molecular formula is C14H23N3. The number of nitrogens with one attached hydrogen (secondary N) is 1. The Balaban J connectivity index is 1.76. The average molecular weight is 233 g/mol. The number of aromatic nitrogens is 2. The molecule has 2 fully saturated rings. The van der Waals surface area contributed by atoms with E-state index in [-0.39, 0.29) is 0 Å². The van der Waals surface area contributed by atoms with E-state index in [1.54, 1.807) is 0 Å². The van der Waals surface area contributed by atoms with Gasteiger partial charge in [-0.1, -0.05) is 19.3 Å². The van der Waals surface area contributed by atoms with Crippen molar-refractivity contribution in [3.8, 4) is 0 Å². The molecule has 1 N–H and O–H groups in total. The van der Waals surface area contributed by atoms with Crippen LogP contribution < -0.4 is 5.32 Å². The summed E-state index contributed by atoms with van der Waals surface area (Å²) in [7, 11) is 0. The Morgan fingerprint density at radius 2 is 1.88 bits per heavy atom. The minimum Gasteiger partial charge on any atom is -0.353 e. The smallest absolute Gasteiger partial charge is 0.203 e. The predicted octanol–water partition coefficient (Wildman–Crippen LogP) is 3.66. The molecule has 3 nitrogen and oxygen atoms in total. The molecule has 0 atom stereocenters. The Kier molecular flexibility index (Phi) is 3.08. The summed E-state index contributed by atoms with van der Waals surface area (Å²) in [5.74, 6) is 1.12. The van der Waals surface area contributed by atoms with E-state index >= 15 is 0 Å². The second kappa shape index (κ2) is 4.71. The Labute approximate surface area is 104 Å². The van der Waals surface area contributed by atoms with E-state index in [0.717, 1.165) is 11.6 Å². The Morgan fingerprint density at radius 3 is 2.53 bits per heavy atom. The van der Waals surface area contributed by atoms with Gasteiger partial charge in [0.1, 0.15) is 0 Å². The second-order valence-corrected chi connectivity index (χ2v) is 5.68. The molecule has 0 bridgehead atoms. The van der Waals surface area contributed by atoms with Crippen molar-refractivity contribution in [1.29, 1.82) is 0 Å². The number of aryl methyl sites for hydroxylation is 1. The average Bonchev–Trinajstić information content (AvgIpc) is 2.66. The molecular weight excluding hydrogens is 210 g/mol. The van der Waals surface area contributed by atoms with Crippen LogP contribution in [0.25, 0.3) is 0 Å². The summed E-state index contributed by atoms with van der Waals surface area (Å²) < 4.78 is 2.41. The van der Waals surface area contributed by atoms with E-state index in [1.165, 1.54) is 51.4 Å². The number of anilines is 1. The van der Waals surface area contributed by atoms with Crippen molar-refractivity contribution < 1.29 is 0 Å². The minimum absolute atomic E-state index is 0.680. The molecule has 3 heteroatoms. The summed E-state index contributed by atoms with van der Waals surface area (Å²) in [4.78, 5) is 4.66. The lowest BCUT2D eigenvalue weighted by Gasteiger charge is -2.30. The van der Waals surface area contributed by atoms with Gasteiger partial charge in [-0.15, -0.1) is 0 Å². The first-order valence-corrected chi connectivity index (χ1v) is 7.15. The van der Waals surface area contributed by atoms with Gasteiger partial charge in [0.05, 0.1) is 5.69 Å². The molecule has 0 unspecified atom stereocenters. The van der Waals surface area contributed by atoms with Crippen molar-refractivity contribution in [3.05, 3.63) is 11.9 Å². The molecule has 1 aromatic heterocycles. The fourth-order valence-corrected chi connectivity index (χ4v) is 3.00. The van der Waals surface area contributed by atoms with Crippen LogP contribution in [0.1, 0.15) is 63.1 Å². The van der Waals surface area contributed by atoms with Crippen LogP contribution in [-0.2, 0) is 0 Å². The van der Waals surface area contributed by atoms with Crippen LogP contribution in [0.4, 0.5) is 5.95 Å². The topological polar surface area (TPSA) is 29.9 Å². The molecule has 1 aromatic rings. The zero-order valence-corrected chi connectivity index (χ0v) is 10.8. The van der Waals surface area contributed by atoms with Gasteiger partial charge < -0.3 is 9.88 Å². The first kappa shape index (κ1) is 11.1. The zero-order valence-electron chi connectivity index (χ0n) is 10.8. The maximum absolute atomic E-state index is 4.66. The monoisotopic (exact) mass is 233 g/mol. The van der Waals surface area contributed by atoms with E-state index in [9.17, 15) is 0 Å². The number of nitrogens with zero attached hydrogens (tertiary/aromatic N) is 2. The van der Waals surface area contributed by atoms with Gasteiger partial charge in [-0.2, -0.15) is 0 Å². The normalized spacial score (nSPS) is 22.4. The molecule has 2 saturated carbocycles. The minimum atomic E-state index is 0.680. The standard InChI is InChI=1S/C14H23N3/c1-11-10-17(13-8-3-2-4-9-13)14(15-11)16-12-6-5-7-12/h10,12-13H,2-9H2,1H3,(H,15,16). The Morgan fingerprint density at radius 1 is 1.12 bits per heavy atom. The SMILES string of the molecule is Cc1cn(C2CCCCC2)c(NC2CCC2)n1. The van der Waals surface area contributed by atoms with Crippen molar-refractivity contribution in [2.75, 3.05) is 5.32 Å². The molecule has 0 radical (unpaired) electrons. The van der Waals surface area contributed by atoms with E-state index < -0.39 is 0 Å². The maximum Gasteiger partial charge on any atom is 0.203 e. The molecule has 3 rings (SSSR count). The molecule has 94 valence electrons.